The first-order valence-electron chi connectivity index (χ1n) is 20.1. The molecule has 1 radical (unpaired) electrons. The molecule has 0 amide bonds. The van der Waals surface area contributed by atoms with E-state index in [1.807, 2.05) is 0 Å². The summed E-state index contributed by atoms with van der Waals surface area (Å²) >= 11 is 0. The number of hydrogen-bond acceptors (Lipinski definition) is 14. The summed E-state index contributed by atoms with van der Waals surface area (Å²) in [5, 5.41) is 31.1. The third-order valence-corrected chi connectivity index (χ3v) is 8.75. The Morgan fingerprint density at radius 3 is 0.988 bits per heavy atom. The SMILES string of the molecule is Cc1ccc(C=NC(C)(CN=Cc2ccc(OCC(F)(F)OC(F)(F)C(F)(F)OC(F)(F)C(F)(F)OC(F)(F)F)cc2O)CN=Cc2ccc(OCC(F)(F)OC(F)(F)C(F)(F)OC(F)(F)C(F)(F)OC(F)(F)F)cc2O)c(O)c1.[Fe+3]. The molecule has 0 aliphatic heterocycles. The zero-order valence-corrected chi connectivity index (χ0v) is 40.0. The predicted octanol–water partition coefficient (Wildman–Crippen LogP) is 12.3. The Kier molecular flexibility index (Phi) is 21.9. The summed E-state index contributed by atoms with van der Waals surface area (Å²) in [7, 11) is 0. The van der Waals surface area contributed by atoms with Gasteiger partial charge in [-0.2, -0.15) is 87.8 Å². The van der Waals surface area contributed by atoms with Crippen molar-refractivity contribution in [2.24, 2.45) is 15.0 Å². The fourth-order valence-corrected chi connectivity index (χ4v) is 5.10. The number of aromatic hydroxyl groups is 3. The standard InChI is InChI=1S/C40H29F26N3O11.Fe/c1-19-3-4-22(25(70)9-19)14-69-28(2,15-67-12-20-5-7-23(10-26(20)71)73-17-29(41,42)75-31(45,46)33(49,50)77-35(53,54)37(57,58)79-39(61,62)63)16-68-13-21-6-8-24(11-27(21)72)74-18-30(43,44)76-32(47,48)34(51,52)78-36(55,56)38(59,60)80-40(64,65)66;/h3-14,70-72H,15-18H2,1-2H3;/q;+3. The Bertz CT molecular complexity index is 2550. The van der Waals surface area contributed by atoms with E-state index < -0.39 is 129 Å². The number of benzene rings is 3. The predicted molar refractivity (Wildman–Crippen MR) is 209 cm³/mol. The van der Waals surface area contributed by atoms with Crippen molar-refractivity contribution in [3.05, 3.63) is 76.9 Å². The van der Waals surface area contributed by atoms with Crippen LogP contribution in [0.3, 0.4) is 0 Å². The van der Waals surface area contributed by atoms with Crippen LogP contribution in [-0.4, -0.2) is 140 Å². The topological polar surface area (TPSA) is 172 Å². The van der Waals surface area contributed by atoms with Gasteiger partial charge in [-0.25, -0.2) is 28.4 Å². The van der Waals surface area contributed by atoms with Crippen LogP contribution in [0.25, 0.3) is 0 Å². The van der Waals surface area contributed by atoms with Crippen LogP contribution in [0.1, 0.15) is 29.2 Å². The molecule has 0 aliphatic carbocycles. The van der Waals surface area contributed by atoms with Crippen LogP contribution in [-0.2, 0) is 45.5 Å². The molecule has 41 heteroatoms. The molecule has 0 unspecified atom stereocenters. The molecule has 0 aromatic heterocycles. The third kappa shape index (κ3) is 20.5. The smallest absolute Gasteiger partial charge is 0.507 e. The molecule has 0 spiro atoms. The second-order valence-corrected chi connectivity index (χ2v) is 15.7. The first-order valence-corrected chi connectivity index (χ1v) is 20.1. The van der Waals surface area contributed by atoms with Crippen LogP contribution in [0.5, 0.6) is 28.7 Å². The van der Waals surface area contributed by atoms with E-state index in [-0.39, 0.29) is 39.5 Å². The van der Waals surface area contributed by atoms with Gasteiger partial charge in [-0.3, -0.25) is 15.0 Å². The van der Waals surface area contributed by atoms with Crippen molar-refractivity contribution in [1.29, 1.82) is 0 Å². The zero-order valence-electron chi connectivity index (χ0n) is 38.9. The second kappa shape index (κ2) is 24.9. The number of rotatable bonds is 28. The van der Waals surface area contributed by atoms with Crippen molar-refractivity contribution < 1.29 is 184 Å². The van der Waals surface area contributed by atoms with Gasteiger partial charge in [0.05, 0.1) is 18.6 Å². The fraction of sp³-hybridized carbons (Fsp3) is 0.475. The number of alkyl halides is 26. The van der Waals surface area contributed by atoms with Gasteiger partial charge in [-0.1, -0.05) is 6.07 Å². The van der Waals surface area contributed by atoms with E-state index in [9.17, 15) is 129 Å². The molecule has 0 atom stereocenters. The molecule has 14 nitrogen and oxygen atoms in total. The van der Waals surface area contributed by atoms with Crippen molar-refractivity contribution in [2.75, 3.05) is 26.3 Å². The van der Waals surface area contributed by atoms with E-state index in [1.54, 1.807) is 25.9 Å². The van der Waals surface area contributed by atoms with Crippen molar-refractivity contribution in [3.8, 4) is 28.7 Å². The Morgan fingerprint density at radius 2 is 0.679 bits per heavy atom. The molecule has 457 valence electrons. The average molecular weight is 1280 g/mol. The number of aliphatic imine (C=N–C) groups is 3. The van der Waals surface area contributed by atoms with Crippen molar-refractivity contribution >= 4 is 18.6 Å². The third-order valence-electron chi connectivity index (χ3n) is 8.75. The minimum atomic E-state index is -7.28. The molecule has 0 heterocycles. The second-order valence-electron chi connectivity index (χ2n) is 15.7. The molecule has 0 aliphatic rings. The fourth-order valence-electron chi connectivity index (χ4n) is 5.10. The van der Waals surface area contributed by atoms with Gasteiger partial charge in [0, 0.05) is 47.5 Å². The number of phenolic OH excluding ortho intramolecular Hbond substituents is 3. The van der Waals surface area contributed by atoms with Crippen molar-refractivity contribution in [2.45, 2.75) is 93.2 Å². The summed E-state index contributed by atoms with van der Waals surface area (Å²) < 4.78 is 365. The Morgan fingerprint density at radius 1 is 0.395 bits per heavy atom. The molecular formula is C40H29F26FeN3O11+3. The summed E-state index contributed by atoms with van der Waals surface area (Å²) in [5.41, 5.74) is -1.52. The van der Waals surface area contributed by atoms with Crippen LogP contribution >= 0.6 is 0 Å². The average Bonchev–Trinajstić information content (AvgIpc) is 3.23. The van der Waals surface area contributed by atoms with Gasteiger partial charge >= 0.3 is 90.9 Å². The number of phenols is 3. The number of aryl methyl sites for hydroxylation is 1. The van der Waals surface area contributed by atoms with Crippen LogP contribution in [0, 0.1) is 6.92 Å². The first-order chi connectivity index (χ1) is 35.8. The van der Waals surface area contributed by atoms with Gasteiger partial charge in [0.2, 0.25) is 0 Å². The molecule has 0 saturated heterocycles. The van der Waals surface area contributed by atoms with Crippen LogP contribution in [0.4, 0.5) is 114 Å². The maximum absolute atomic E-state index is 14.2. The summed E-state index contributed by atoms with van der Waals surface area (Å²) in [5.74, 6) is -4.03. The van der Waals surface area contributed by atoms with Crippen LogP contribution in [0.15, 0.2) is 69.6 Å². The van der Waals surface area contributed by atoms with E-state index >= 15 is 0 Å². The Hall–Kier alpha value is -5.87. The van der Waals surface area contributed by atoms with Gasteiger partial charge in [0.1, 0.15) is 28.7 Å². The van der Waals surface area contributed by atoms with Crippen molar-refractivity contribution in [3.63, 3.8) is 0 Å². The molecule has 3 rings (SSSR count). The summed E-state index contributed by atoms with van der Waals surface area (Å²) in [4.78, 5) is 12.4. The van der Waals surface area contributed by atoms with Gasteiger partial charge in [-0.15, -0.1) is 26.3 Å². The van der Waals surface area contributed by atoms with Gasteiger partial charge in [-0.05, 0) is 55.8 Å². The zero-order chi connectivity index (χ0) is 61.8. The van der Waals surface area contributed by atoms with E-state index in [1.165, 1.54) is 25.1 Å². The normalized spacial score (nSPS) is 15.2. The molecular weight excluding hydrogens is 1250 g/mol. The number of nitrogens with zero attached hydrogens (tertiary/aromatic N) is 3. The maximum Gasteiger partial charge on any atom is 3.00 e. The minimum absolute atomic E-state index is 0. The van der Waals surface area contributed by atoms with Crippen molar-refractivity contribution in [1.82, 2.24) is 0 Å². The molecule has 3 aromatic rings. The molecule has 3 aromatic carbocycles. The Balaban J connectivity index is 0.0000224. The largest absolute Gasteiger partial charge is 3.00 e. The monoisotopic (exact) mass is 1280 g/mol. The summed E-state index contributed by atoms with van der Waals surface area (Å²) in [6.45, 7) is -3.15. The number of hydrogen-bond donors (Lipinski definition) is 3. The molecule has 0 saturated carbocycles. The molecule has 3 N–H and O–H groups in total. The van der Waals surface area contributed by atoms with Gasteiger partial charge in [0.15, 0.2) is 13.2 Å². The summed E-state index contributed by atoms with van der Waals surface area (Å²) in [6.07, 6.45) is -79.4. The van der Waals surface area contributed by atoms with Crippen LogP contribution < -0.4 is 9.47 Å². The number of ether oxygens (including phenoxy) is 8. The molecule has 0 bridgehead atoms. The van der Waals surface area contributed by atoms with Gasteiger partial charge in [0.25, 0.3) is 0 Å². The van der Waals surface area contributed by atoms with E-state index in [0.29, 0.717) is 29.8 Å². The number of halogens is 26. The maximum atomic E-state index is 14.2. The van der Waals surface area contributed by atoms with Gasteiger partial charge < -0.3 is 24.8 Å². The molecule has 81 heavy (non-hydrogen) atoms. The Labute approximate surface area is 442 Å². The minimum Gasteiger partial charge on any atom is -0.507 e. The van der Waals surface area contributed by atoms with Crippen LogP contribution in [0.2, 0.25) is 0 Å². The first kappa shape index (κ1) is 71.2. The quantitative estimate of drug-likeness (QED) is 0.0359. The van der Waals surface area contributed by atoms with E-state index in [4.69, 9.17) is 0 Å². The molecule has 0 fully saturated rings. The van der Waals surface area contributed by atoms with E-state index in [2.05, 4.69) is 33.9 Å². The summed E-state index contributed by atoms with van der Waals surface area (Å²) in [6, 6.07) is 8.12. The van der Waals surface area contributed by atoms with E-state index in [0.717, 1.165) is 30.8 Å².